The molecule has 0 aliphatic carbocycles. The van der Waals surface area contributed by atoms with Crippen LogP contribution in [-0.2, 0) is 4.79 Å². The lowest BCUT2D eigenvalue weighted by Crippen LogP contribution is -2.19. The number of para-hydroxylation sites is 1. The average Bonchev–Trinajstić information content (AvgIpc) is 2.96. The van der Waals surface area contributed by atoms with Gasteiger partial charge in [0.2, 0.25) is 5.91 Å². The highest BCUT2D eigenvalue weighted by atomic mass is 32.2. The highest BCUT2D eigenvalue weighted by Gasteiger charge is 2.17. The van der Waals surface area contributed by atoms with E-state index in [-0.39, 0.29) is 28.5 Å². The lowest BCUT2D eigenvalue weighted by Gasteiger charge is -2.11. The number of carbonyl (C=O) groups excluding carboxylic acids is 1. The highest BCUT2D eigenvalue weighted by Crippen LogP contribution is 2.25. The molecular formula is C13H14FN3O3S. The molecule has 2 aromatic rings. The maximum atomic E-state index is 13.5. The number of aromatic nitrogens is 2. The third-order valence-corrected chi connectivity index (χ3v) is 3.33. The van der Waals surface area contributed by atoms with Gasteiger partial charge in [-0.2, -0.15) is 0 Å². The highest BCUT2D eigenvalue weighted by molar-refractivity contribution is 7.99. The predicted octanol–water partition coefficient (Wildman–Crippen LogP) is 2.19. The van der Waals surface area contributed by atoms with Crippen LogP contribution in [0.3, 0.4) is 0 Å². The van der Waals surface area contributed by atoms with Gasteiger partial charge in [0, 0.05) is 7.05 Å². The van der Waals surface area contributed by atoms with Gasteiger partial charge in [0.25, 0.3) is 11.1 Å². The molecule has 0 spiro atoms. The lowest BCUT2D eigenvalue weighted by molar-refractivity contribution is -0.118. The van der Waals surface area contributed by atoms with Crippen molar-refractivity contribution >= 4 is 17.7 Å². The van der Waals surface area contributed by atoms with Gasteiger partial charge in [-0.1, -0.05) is 23.9 Å². The summed E-state index contributed by atoms with van der Waals surface area (Å²) >= 11 is 1.12. The zero-order chi connectivity index (χ0) is 15.2. The summed E-state index contributed by atoms with van der Waals surface area (Å²) in [6, 6.07) is 6.07. The van der Waals surface area contributed by atoms with E-state index in [2.05, 4.69) is 15.5 Å². The van der Waals surface area contributed by atoms with Gasteiger partial charge in [0.1, 0.15) is 0 Å². The molecule has 8 heteroatoms. The summed E-state index contributed by atoms with van der Waals surface area (Å²) in [6.45, 7) is 1.67. The second-order valence-corrected chi connectivity index (χ2v) is 4.99. The zero-order valence-electron chi connectivity index (χ0n) is 11.5. The van der Waals surface area contributed by atoms with E-state index in [1.807, 2.05) is 0 Å². The second kappa shape index (κ2) is 7.07. The first-order chi connectivity index (χ1) is 10.1. The molecule has 0 saturated heterocycles. The number of halogens is 1. The molecule has 0 saturated carbocycles. The van der Waals surface area contributed by atoms with Crippen molar-refractivity contribution in [3.8, 4) is 5.75 Å². The summed E-state index contributed by atoms with van der Waals surface area (Å²) in [6.07, 6.45) is -0.594. The summed E-state index contributed by atoms with van der Waals surface area (Å²) in [5.74, 6) is -0.0883. The van der Waals surface area contributed by atoms with Crippen LogP contribution in [0.5, 0.6) is 5.75 Å². The first-order valence-electron chi connectivity index (χ1n) is 6.18. The summed E-state index contributed by atoms with van der Waals surface area (Å²) in [5.41, 5.74) is 0. The number of carbonyl (C=O) groups is 1. The molecule has 6 nitrogen and oxygen atoms in total. The molecule has 112 valence electrons. The molecule has 0 fully saturated rings. The molecule has 0 radical (unpaired) electrons. The van der Waals surface area contributed by atoms with E-state index in [0.29, 0.717) is 0 Å². The monoisotopic (exact) mass is 311 g/mol. The van der Waals surface area contributed by atoms with E-state index in [0.717, 1.165) is 11.8 Å². The van der Waals surface area contributed by atoms with Gasteiger partial charge in [-0.25, -0.2) is 4.39 Å². The van der Waals surface area contributed by atoms with Crippen molar-refractivity contribution in [1.82, 2.24) is 15.5 Å². The molecule has 1 N–H and O–H groups in total. The molecular weight excluding hydrogens is 297 g/mol. The van der Waals surface area contributed by atoms with Gasteiger partial charge in [0.15, 0.2) is 17.7 Å². The predicted molar refractivity (Wildman–Crippen MR) is 74.5 cm³/mol. The van der Waals surface area contributed by atoms with Crippen LogP contribution < -0.4 is 10.1 Å². The van der Waals surface area contributed by atoms with E-state index >= 15 is 0 Å². The van der Waals surface area contributed by atoms with Crippen LogP contribution in [0.15, 0.2) is 33.9 Å². The van der Waals surface area contributed by atoms with Gasteiger partial charge in [-0.3, -0.25) is 4.79 Å². The molecule has 1 aromatic heterocycles. The Morgan fingerprint density at radius 2 is 2.24 bits per heavy atom. The maximum absolute atomic E-state index is 13.5. The van der Waals surface area contributed by atoms with Crippen molar-refractivity contribution in [2.24, 2.45) is 0 Å². The van der Waals surface area contributed by atoms with Crippen LogP contribution in [0.25, 0.3) is 0 Å². The van der Waals surface area contributed by atoms with E-state index in [1.165, 1.54) is 12.1 Å². The van der Waals surface area contributed by atoms with Crippen LogP contribution in [0.4, 0.5) is 4.39 Å². The van der Waals surface area contributed by atoms with Gasteiger partial charge in [-0.05, 0) is 19.1 Å². The van der Waals surface area contributed by atoms with Crippen LogP contribution in [0, 0.1) is 5.82 Å². The number of amides is 1. The SMILES string of the molecule is CNC(=O)CSc1nnc([C@@H](C)Oc2ccccc2F)o1. The van der Waals surface area contributed by atoms with Crippen molar-refractivity contribution in [2.75, 3.05) is 12.8 Å². The Kier molecular flexibility index (Phi) is 5.15. The number of rotatable bonds is 6. The fourth-order valence-corrected chi connectivity index (χ4v) is 2.07. The van der Waals surface area contributed by atoms with Gasteiger partial charge in [0.05, 0.1) is 5.75 Å². The third-order valence-electron chi connectivity index (χ3n) is 2.52. The quantitative estimate of drug-likeness (QED) is 0.824. The molecule has 2 rings (SSSR count). The first kappa shape index (κ1) is 15.3. The molecule has 0 aliphatic heterocycles. The van der Waals surface area contributed by atoms with E-state index in [9.17, 15) is 9.18 Å². The average molecular weight is 311 g/mol. The standard InChI is InChI=1S/C13H14FN3O3S/c1-8(19-10-6-4-3-5-9(10)14)12-16-17-13(20-12)21-7-11(18)15-2/h3-6,8H,7H2,1-2H3,(H,15,18)/t8-/m1/s1. The third kappa shape index (κ3) is 4.19. The minimum absolute atomic E-state index is 0.114. The number of benzene rings is 1. The molecule has 0 bridgehead atoms. The lowest BCUT2D eigenvalue weighted by atomic mass is 10.3. The Morgan fingerprint density at radius 1 is 1.48 bits per heavy atom. The Labute approximate surface area is 125 Å². The Balaban J connectivity index is 1.97. The summed E-state index contributed by atoms with van der Waals surface area (Å²) < 4.78 is 24.3. The van der Waals surface area contributed by atoms with Crippen LogP contribution >= 0.6 is 11.8 Å². The molecule has 21 heavy (non-hydrogen) atoms. The number of nitrogens with zero attached hydrogens (tertiary/aromatic N) is 2. The molecule has 1 atom stereocenters. The Bertz CT molecular complexity index is 620. The fourth-order valence-electron chi connectivity index (χ4n) is 1.42. The van der Waals surface area contributed by atoms with Crippen molar-refractivity contribution in [3.63, 3.8) is 0 Å². The minimum Gasteiger partial charge on any atom is -0.478 e. The fraction of sp³-hybridized carbons (Fsp3) is 0.308. The van der Waals surface area contributed by atoms with E-state index in [1.54, 1.807) is 26.1 Å². The van der Waals surface area contributed by atoms with Crippen molar-refractivity contribution < 1.29 is 18.3 Å². The second-order valence-electron chi connectivity index (χ2n) is 4.06. The van der Waals surface area contributed by atoms with Crippen LogP contribution in [-0.4, -0.2) is 28.9 Å². The molecule has 0 unspecified atom stereocenters. The zero-order valence-corrected chi connectivity index (χ0v) is 12.3. The van der Waals surface area contributed by atoms with E-state index < -0.39 is 11.9 Å². The molecule has 0 aliphatic rings. The smallest absolute Gasteiger partial charge is 0.277 e. The number of ether oxygens (including phenoxy) is 1. The van der Waals surface area contributed by atoms with Crippen LogP contribution in [0.1, 0.15) is 18.9 Å². The van der Waals surface area contributed by atoms with Crippen LogP contribution in [0.2, 0.25) is 0 Å². The topological polar surface area (TPSA) is 77.2 Å². The summed E-state index contributed by atoms with van der Waals surface area (Å²) in [7, 11) is 1.55. The van der Waals surface area contributed by atoms with Crippen molar-refractivity contribution in [3.05, 3.63) is 36.0 Å². The van der Waals surface area contributed by atoms with Gasteiger partial charge < -0.3 is 14.5 Å². The van der Waals surface area contributed by atoms with Gasteiger partial charge in [-0.15, -0.1) is 10.2 Å². The normalized spacial score (nSPS) is 12.0. The number of nitrogens with one attached hydrogen (secondary N) is 1. The summed E-state index contributed by atoms with van der Waals surface area (Å²) in [4.78, 5) is 11.1. The Hall–Kier alpha value is -2.09. The number of hydrogen-bond donors (Lipinski definition) is 1. The van der Waals surface area contributed by atoms with Gasteiger partial charge >= 0.3 is 0 Å². The first-order valence-corrected chi connectivity index (χ1v) is 7.16. The molecule has 1 aromatic carbocycles. The Morgan fingerprint density at radius 3 is 2.95 bits per heavy atom. The minimum atomic E-state index is -0.594. The van der Waals surface area contributed by atoms with E-state index in [4.69, 9.17) is 9.15 Å². The summed E-state index contributed by atoms with van der Waals surface area (Å²) in [5, 5.41) is 10.4. The van der Waals surface area contributed by atoms with Crippen molar-refractivity contribution in [1.29, 1.82) is 0 Å². The molecule has 1 heterocycles. The largest absolute Gasteiger partial charge is 0.478 e. The molecule has 1 amide bonds. The maximum Gasteiger partial charge on any atom is 0.277 e. The number of hydrogen-bond acceptors (Lipinski definition) is 6. The number of thioether (sulfide) groups is 1. The van der Waals surface area contributed by atoms with Crippen molar-refractivity contribution in [2.45, 2.75) is 18.3 Å².